The summed E-state index contributed by atoms with van der Waals surface area (Å²) in [5.74, 6) is 4.88. The van der Waals surface area contributed by atoms with E-state index in [9.17, 15) is 4.79 Å². The SMILES string of the molecule is CN(N)C(=O)c1c(N)cccc1Cl. The highest BCUT2D eigenvalue weighted by Gasteiger charge is 2.15. The summed E-state index contributed by atoms with van der Waals surface area (Å²) >= 11 is 5.79. The van der Waals surface area contributed by atoms with Gasteiger partial charge in [-0.3, -0.25) is 9.80 Å². The van der Waals surface area contributed by atoms with Crippen molar-refractivity contribution in [1.82, 2.24) is 5.01 Å². The molecule has 4 N–H and O–H groups in total. The van der Waals surface area contributed by atoms with E-state index in [-0.39, 0.29) is 5.56 Å². The number of halogens is 1. The minimum absolute atomic E-state index is 0.245. The van der Waals surface area contributed by atoms with Crippen LogP contribution < -0.4 is 11.6 Å². The summed E-state index contributed by atoms with van der Waals surface area (Å²) in [7, 11) is 1.44. The highest BCUT2D eigenvalue weighted by atomic mass is 35.5. The van der Waals surface area contributed by atoms with E-state index in [2.05, 4.69) is 0 Å². The van der Waals surface area contributed by atoms with Crippen LogP contribution in [0.3, 0.4) is 0 Å². The van der Waals surface area contributed by atoms with E-state index in [1.165, 1.54) is 7.05 Å². The van der Waals surface area contributed by atoms with E-state index in [0.29, 0.717) is 10.7 Å². The van der Waals surface area contributed by atoms with Crippen molar-refractivity contribution in [3.8, 4) is 0 Å². The second kappa shape index (κ2) is 3.64. The Morgan fingerprint density at radius 2 is 2.15 bits per heavy atom. The van der Waals surface area contributed by atoms with Crippen molar-refractivity contribution in [1.29, 1.82) is 0 Å². The van der Waals surface area contributed by atoms with Crippen LogP contribution in [0.1, 0.15) is 10.4 Å². The normalized spacial score (nSPS) is 9.77. The van der Waals surface area contributed by atoms with Gasteiger partial charge < -0.3 is 5.73 Å². The first-order valence-electron chi connectivity index (χ1n) is 3.60. The molecule has 1 amide bonds. The van der Waals surface area contributed by atoms with Crippen molar-refractivity contribution >= 4 is 23.2 Å². The van der Waals surface area contributed by atoms with Crippen LogP contribution in [-0.4, -0.2) is 18.0 Å². The number of nitrogen functional groups attached to an aromatic ring is 1. The summed E-state index contributed by atoms with van der Waals surface area (Å²) in [6.07, 6.45) is 0. The predicted octanol–water partition coefficient (Wildman–Crippen LogP) is 0.868. The topological polar surface area (TPSA) is 72.3 Å². The maximum absolute atomic E-state index is 11.4. The summed E-state index contributed by atoms with van der Waals surface area (Å²) in [6.45, 7) is 0. The van der Waals surface area contributed by atoms with Crippen molar-refractivity contribution < 1.29 is 4.79 Å². The molecule has 0 atom stereocenters. The lowest BCUT2D eigenvalue weighted by Gasteiger charge is -2.12. The summed E-state index contributed by atoms with van der Waals surface area (Å²) in [5.41, 5.74) is 6.15. The standard InChI is InChI=1S/C8H10ClN3O/c1-12(11)8(13)7-5(9)3-2-4-6(7)10/h2-4H,10-11H2,1H3. The molecular formula is C8H10ClN3O. The molecule has 0 aliphatic carbocycles. The molecule has 70 valence electrons. The van der Waals surface area contributed by atoms with E-state index < -0.39 is 5.91 Å². The number of anilines is 1. The largest absolute Gasteiger partial charge is 0.398 e. The van der Waals surface area contributed by atoms with Gasteiger partial charge in [0.2, 0.25) is 0 Å². The van der Waals surface area contributed by atoms with Crippen LogP contribution in [0.4, 0.5) is 5.69 Å². The third-order valence-corrected chi connectivity index (χ3v) is 1.90. The zero-order chi connectivity index (χ0) is 10.0. The molecule has 5 heteroatoms. The minimum atomic E-state index is -0.400. The van der Waals surface area contributed by atoms with Crippen LogP contribution in [0.5, 0.6) is 0 Å². The summed E-state index contributed by atoms with van der Waals surface area (Å²) in [4.78, 5) is 11.4. The Hall–Kier alpha value is -1.26. The highest BCUT2D eigenvalue weighted by Crippen LogP contribution is 2.22. The molecular weight excluding hydrogens is 190 g/mol. The fourth-order valence-electron chi connectivity index (χ4n) is 0.943. The number of hydrazine groups is 1. The number of amides is 1. The average molecular weight is 200 g/mol. The Labute approximate surface area is 81.0 Å². The molecule has 0 fully saturated rings. The Morgan fingerprint density at radius 1 is 1.54 bits per heavy atom. The van der Waals surface area contributed by atoms with Crippen LogP contribution in [0.2, 0.25) is 5.02 Å². The molecule has 0 aliphatic heterocycles. The van der Waals surface area contributed by atoms with Crippen LogP contribution >= 0.6 is 11.6 Å². The van der Waals surface area contributed by atoms with E-state index in [1.54, 1.807) is 18.2 Å². The van der Waals surface area contributed by atoms with Crippen molar-refractivity contribution in [2.45, 2.75) is 0 Å². The number of hydrogen-bond donors (Lipinski definition) is 2. The first kappa shape index (κ1) is 9.83. The molecule has 0 aromatic heterocycles. The van der Waals surface area contributed by atoms with Gasteiger partial charge in [0, 0.05) is 12.7 Å². The molecule has 1 rings (SSSR count). The van der Waals surface area contributed by atoms with Gasteiger partial charge in [-0.05, 0) is 12.1 Å². The zero-order valence-electron chi connectivity index (χ0n) is 7.12. The van der Waals surface area contributed by atoms with Gasteiger partial charge in [-0.2, -0.15) is 0 Å². The maximum atomic E-state index is 11.4. The molecule has 0 saturated heterocycles. The van der Waals surface area contributed by atoms with Gasteiger partial charge in [0.15, 0.2) is 0 Å². The molecule has 1 aromatic rings. The minimum Gasteiger partial charge on any atom is -0.398 e. The smallest absolute Gasteiger partial charge is 0.271 e. The van der Waals surface area contributed by atoms with E-state index in [1.807, 2.05) is 0 Å². The number of nitrogens with zero attached hydrogens (tertiary/aromatic N) is 1. The zero-order valence-corrected chi connectivity index (χ0v) is 7.88. The first-order valence-corrected chi connectivity index (χ1v) is 3.98. The number of carbonyl (C=O) groups is 1. The van der Waals surface area contributed by atoms with Gasteiger partial charge >= 0.3 is 0 Å². The molecule has 0 spiro atoms. The van der Waals surface area contributed by atoms with E-state index >= 15 is 0 Å². The lowest BCUT2D eigenvalue weighted by atomic mass is 10.1. The molecule has 0 heterocycles. The molecule has 0 radical (unpaired) electrons. The predicted molar refractivity (Wildman–Crippen MR) is 52.1 cm³/mol. The lowest BCUT2D eigenvalue weighted by Crippen LogP contribution is -2.33. The summed E-state index contributed by atoms with van der Waals surface area (Å²) in [5, 5.41) is 1.25. The van der Waals surface area contributed by atoms with Crippen molar-refractivity contribution in [3.05, 3.63) is 28.8 Å². The Kier molecular flexibility index (Phi) is 2.75. The number of nitrogens with two attached hydrogens (primary N) is 2. The lowest BCUT2D eigenvalue weighted by molar-refractivity contribution is 0.0796. The fraction of sp³-hybridized carbons (Fsp3) is 0.125. The quantitative estimate of drug-likeness (QED) is 0.305. The van der Waals surface area contributed by atoms with Crippen LogP contribution in [-0.2, 0) is 0 Å². The number of hydrogen-bond acceptors (Lipinski definition) is 3. The Bertz CT molecular complexity index is 318. The van der Waals surface area contributed by atoms with Crippen LogP contribution in [0.25, 0.3) is 0 Å². The van der Waals surface area contributed by atoms with Gasteiger partial charge in [0.25, 0.3) is 5.91 Å². The second-order valence-corrected chi connectivity index (χ2v) is 3.03. The summed E-state index contributed by atoms with van der Waals surface area (Å²) in [6, 6.07) is 4.86. The third kappa shape index (κ3) is 1.91. The van der Waals surface area contributed by atoms with Gasteiger partial charge in [-0.15, -0.1) is 0 Å². The van der Waals surface area contributed by atoms with Gasteiger partial charge in [-0.25, -0.2) is 5.84 Å². The molecule has 4 nitrogen and oxygen atoms in total. The van der Waals surface area contributed by atoms with Crippen LogP contribution in [0, 0.1) is 0 Å². The van der Waals surface area contributed by atoms with Gasteiger partial charge in [0.05, 0.1) is 10.6 Å². The molecule has 0 bridgehead atoms. The number of benzene rings is 1. The van der Waals surface area contributed by atoms with Gasteiger partial charge in [0.1, 0.15) is 0 Å². The number of carbonyl (C=O) groups excluding carboxylic acids is 1. The monoisotopic (exact) mass is 199 g/mol. The van der Waals surface area contributed by atoms with E-state index in [4.69, 9.17) is 23.2 Å². The Morgan fingerprint density at radius 3 is 2.62 bits per heavy atom. The fourth-order valence-corrected chi connectivity index (χ4v) is 1.21. The van der Waals surface area contributed by atoms with Crippen molar-refractivity contribution in [2.75, 3.05) is 12.8 Å². The molecule has 0 aliphatic rings. The molecule has 13 heavy (non-hydrogen) atoms. The molecule has 0 unspecified atom stereocenters. The Balaban J connectivity index is 3.20. The van der Waals surface area contributed by atoms with Crippen molar-refractivity contribution in [2.24, 2.45) is 5.84 Å². The van der Waals surface area contributed by atoms with Crippen LogP contribution in [0.15, 0.2) is 18.2 Å². The first-order chi connectivity index (χ1) is 6.04. The van der Waals surface area contributed by atoms with Crippen molar-refractivity contribution in [3.63, 3.8) is 0 Å². The van der Waals surface area contributed by atoms with E-state index in [0.717, 1.165) is 5.01 Å². The highest BCUT2D eigenvalue weighted by molar-refractivity contribution is 6.34. The second-order valence-electron chi connectivity index (χ2n) is 2.62. The molecule has 0 saturated carbocycles. The number of rotatable bonds is 1. The average Bonchev–Trinajstić information content (AvgIpc) is 2.03. The summed E-state index contributed by atoms with van der Waals surface area (Å²) < 4.78 is 0. The maximum Gasteiger partial charge on any atom is 0.271 e. The van der Waals surface area contributed by atoms with Gasteiger partial charge in [-0.1, -0.05) is 17.7 Å². The molecule has 1 aromatic carbocycles. The third-order valence-electron chi connectivity index (χ3n) is 1.58.